The van der Waals surface area contributed by atoms with Crippen molar-refractivity contribution in [2.75, 3.05) is 25.6 Å². The normalized spacial score (nSPS) is 14.8. The highest BCUT2D eigenvalue weighted by Crippen LogP contribution is 2.37. The molecule has 2 aromatic heterocycles. The molecule has 0 fully saturated rings. The Morgan fingerprint density at radius 3 is 2.54 bits per heavy atom. The van der Waals surface area contributed by atoms with Crippen LogP contribution in [0.25, 0.3) is 22.2 Å². The number of benzene rings is 2. The third-order valence-corrected chi connectivity index (χ3v) is 6.58. The first kappa shape index (κ1) is 23.7. The molecule has 0 aliphatic carbocycles. The fourth-order valence-corrected chi connectivity index (χ4v) is 5.10. The van der Waals surface area contributed by atoms with Crippen molar-refractivity contribution in [2.24, 2.45) is 0 Å². The first-order chi connectivity index (χ1) is 16.8. The molecule has 2 aromatic carbocycles. The van der Waals surface area contributed by atoms with Crippen molar-refractivity contribution >= 4 is 57.3 Å². The van der Waals surface area contributed by atoms with Crippen molar-refractivity contribution in [1.29, 1.82) is 0 Å². The van der Waals surface area contributed by atoms with Crippen LogP contribution in [0.15, 0.2) is 54.9 Å². The quantitative estimate of drug-likeness (QED) is 0.325. The van der Waals surface area contributed by atoms with Crippen molar-refractivity contribution in [3.8, 4) is 17.0 Å². The predicted octanol–water partition coefficient (Wildman–Crippen LogP) is 6.58. The summed E-state index contributed by atoms with van der Waals surface area (Å²) in [6.45, 7) is 0.492. The molecule has 3 heterocycles. The van der Waals surface area contributed by atoms with Gasteiger partial charge in [0.2, 0.25) is 0 Å². The monoisotopic (exact) mass is 526 g/mol. The minimum Gasteiger partial charge on any atom is -0.493 e. The number of hydrogen-bond acceptors (Lipinski definition) is 5. The van der Waals surface area contributed by atoms with Gasteiger partial charge in [-0.05, 0) is 36.4 Å². The minimum absolute atomic E-state index is 0.198. The second-order valence-electron chi connectivity index (χ2n) is 8.47. The summed E-state index contributed by atoms with van der Waals surface area (Å²) in [4.78, 5) is 24.6. The van der Waals surface area contributed by atoms with Crippen LogP contribution in [0.5, 0.6) is 5.75 Å². The van der Waals surface area contributed by atoms with Crippen LogP contribution in [0.2, 0.25) is 15.1 Å². The van der Waals surface area contributed by atoms with Crippen molar-refractivity contribution in [1.82, 2.24) is 15.3 Å². The molecule has 1 aliphatic heterocycles. The highest BCUT2D eigenvalue weighted by Gasteiger charge is 2.26. The summed E-state index contributed by atoms with van der Waals surface area (Å²) in [5.41, 5.74) is 4.14. The van der Waals surface area contributed by atoms with E-state index in [1.165, 1.54) is 0 Å². The van der Waals surface area contributed by atoms with E-state index in [2.05, 4.69) is 15.3 Å². The zero-order chi connectivity index (χ0) is 24.7. The molecule has 9 heteroatoms. The molecular formula is C26H21Cl3N4O2. The van der Waals surface area contributed by atoms with E-state index in [1.807, 2.05) is 31.1 Å². The van der Waals surface area contributed by atoms with Crippen LogP contribution in [0.4, 0.5) is 5.69 Å². The van der Waals surface area contributed by atoms with Gasteiger partial charge in [0.15, 0.2) is 0 Å². The number of hydrogen-bond donors (Lipinski definition) is 1. The Morgan fingerprint density at radius 1 is 1.03 bits per heavy atom. The molecule has 0 spiro atoms. The lowest BCUT2D eigenvalue weighted by atomic mass is 9.99. The highest BCUT2D eigenvalue weighted by atomic mass is 35.5. The van der Waals surface area contributed by atoms with E-state index >= 15 is 0 Å². The molecule has 0 saturated carbocycles. The van der Waals surface area contributed by atoms with Gasteiger partial charge in [0, 0.05) is 64.5 Å². The number of amides is 1. The maximum absolute atomic E-state index is 13.5. The number of halogens is 3. The van der Waals surface area contributed by atoms with Crippen LogP contribution in [0.3, 0.4) is 0 Å². The Morgan fingerprint density at radius 2 is 1.80 bits per heavy atom. The van der Waals surface area contributed by atoms with Crippen molar-refractivity contribution in [2.45, 2.75) is 12.5 Å². The Balaban J connectivity index is 1.57. The van der Waals surface area contributed by atoms with Crippen molar-refractivity contribution in [3.05, 3.63) is 81.1 Å². The maximum Gasteiger partial charge on any atom is 0.255 e. The lowest BCUT2D eigenvalue weighted by Gasteiger charge is -2.28. The van der Waals surface area contributed by atoms with Gasteiger partial charge in [-0.3, -0.25) is 14.8 Å². The number of aromatic nitrogens is 2. The van der Waals surface area contributed by atoms with Gasteiger partial charge in [-0.15, -0.1) is 0 Å². The number of carbonyl (C=O) groups excluding carboxylic acids is 1. The summed E-state index contributed by atoms with van der Waals surface area (Å²) >= 11 is 18.6. The van der Waals surface area contributed by atoms with Crippen LogP contribution in [-0.4, -0.2) is 36.6 Å². The fraction of sp³-hybridized carbons (Fsp3) is 0.192. The molecule has 0 saturated heterocycles. The summed E-state index contributed by atoms with van der Waals surface area (Å²) in [6.07, 6.45) is 3.94. The maximum atomic E-state index is 13.5. The fourth-order valence-electron chi connectivity index (χ4n) is 4.41. The van der Waals surface area contributed by atoms with Gasteiger partial charge in [-0.1, -0.05) is 40.9 Å². The standard InChI is InChI=1S/C26H21Cl3N4O2/c1-33(2)25-19-5-7-30-23(14-9-16(28)11-17(29)10-14)24(19)31-13-20(25)26(34)32-21-6-8-35-22-12-15(27)3-4-18(21)22/h3-5,7,9-13,21H,6,8H2,1-2H3,(H,32,34)/t21-/m1/s1. The Kier molecular flexibility index (Phi) is 6.45. The molecule has 5 rings (SSSR count). The lowest BCUT2D eigenvalue weighted by molar-refractivity contribution is 0.0925. The number of rotatable bonds is 4. The highest BCUT2D eigenvalue weighted by molar-refractivity contribution is 6.35. The van der Waals surface area contributed by atoms with Crippen LogP contribution in [-0.2, 0) is 0 Å². The zero-order valence-corrected chi connectivity index (χ0v) is 21.2. The lowest BCUT2D eigenvalue weighted by Crippen LogP contribution is -2.33. The second-order valence-corrected chi connectivity index (χ2v) is 9.78. The van der Waals surface area contributed by atoms with E-state index in [4.69, 9.17) is 39.5 Å². The number of nitrogens with zero attached hydrogens (tertiary/aromatic N) is 3. The molecule has 1 aliphatic rings. The number of fused-ring (bicyclic) bond motifs is 2. The Hall–Kier alpha value is -3.06. The van der Waals surface area contributed by atoms with Gasteiger partial charge in [0.05, 0.1) is 35.1 Å². The van der Waals surface area contributed by atoms with E-state index < -0.39 is 0 Å². The van der Waals surface area contributed by atoms with E-state index in [0.717, 1.165) is 22.2 Å². The minimum atomic E-state index is -0.222. The number of anilines is 1. The summed E-state index contributed by atoms with van der Waals surface area (Å²) in [5, 5.41) is 5.55. The average molecular weight is 528 g/mol. The first-order valence-corrected chi connectivity index (χ1v) is 12.1. The first-order valence-electron chi connectivity index (χ1n) is 11.0. The van der Waals surface area contributed by atoms with E-state index in [-0.39, 0.29) is 11.9 Å². The van der Waals surface area contributed by atoms with Crippen LogP contribution in [0, 0.1) is 0 Å². The zero-order valence-electron chi connectivity index (χ0n) is 19.0. The molecule has 4 aromatic rings. The van der Waals surface area contributed by atoms with E-state index in [1.54, 1.807) is 42.7 Å². The molecule has 1 N–H and O–H groups in total. The molecule has 35 heavy (non-hydrogen) atoms. The van der Waals surface area contributed by atoms with Gasteiger partial charge < -0.3 is 15.0 Å². The van der Waals surface area contributed by atoms with Gasteiger partial charge in [-0.2, -0.15) is 0 Å². The van der Waals surface area contributed by atoms with Crippen molar-refractivity contribution < 1.29 is 9.53 Å². The molecule has 178 valence electrons. The second kappa shape index (κ2) is 9.53. The Bertz CT molecular complexity index is 1440. The number of pyridine rings is 2. The van der Waals surface area contributed by atoms with Gasteiger partial charge in [0.25, 0.3) is 5.91 Å². The van der Waals surface area contributed by atoms with Crippen LogP contribution >= 0.6 is 34.8 Å². The van der Waals surface area contributed by atoms with E-state index in [9.17, 15) is 4.79 Å². The Labute approximate surface area is 217 Å². The number of ether oxygens (including phenoxy) is 1. The number of carbonyl (C=O) groups is 1. The summed E-state index contributed by atoms with van der Waals surface area (Å²) in [5.74, 6) is 0.467. The molecule has 0 unspecified atom stereocenters. The van der Waals surface area contributed by atoms with Gasteiger partial charge >= 0.3 is 0 Å². The molecule has 0 radical (unpaired) electrons. The molecular weight excluding hydrogens is 507 g/mol. The largest absolute Gasteiger partial charge is 0.493 e. The molecule has 1 amide bonds. The molecule has 6 nitrogen and oxygen atoms in total. The van der Waals surface area contributed by atoms with Crippen molar-refractivity contribution in [3.63, 3.8) is 0 Å². The smallest absolute Gasteiger partial charge is 0.255 e. The summed E-state index contributed by atoms with van der Waals surface area (Å²) in [7, 11) is 3.79. The van der Waals surface area contributed by atoms with E-state index in [0.29, 0.717) is 50.6 Å². The van der Waals surface area contributed by atoms with Gasteiger partial charge in [-0.25, -0.2) is 0 Å². The third-order valence-electron chi connectivity index (χ3n) is 5.91. The SMILES string of the molecule is CN(C)c1c(C(=O)N[C@@H]2CCOc3cc(Cl)ccc32)cnc2c(-c3cc(Cl)cc(Cl)c3)nccc12. The molecule has 1 atom stereocenters. The number of nitrogens with one attached hydrogen (secondary N) is 1. The summed E-state index contributed by atoms with van der Waals surface area (Å²) in [6, 6.07) is 12.4. The topological polar surface area (TPSA) is 67.4 Å². The van der Waals surface area contributed by atoms with Crippen LogP contribution in [0.1, 0.15) is 28.4 Å². The average Bonchev–Trinajstić information content (AvgIpc) is 2.82. The van der Waals surface area contributed by atoms with Crippen LogP contribution < -0.4 is 15.0 Å². The third kappa shape index (κ3) is 4.61. The molecule has 0 bridgehead atoms. The summed E-state index contributed by atoms with van der Waals surface area (Å²) < 4.78 is 5.73. The van der Waals surface area contributed by atoms with Gasteiger partial charge in [0.1, 0.15) is 5.75 Å². The predicted molar refractivity (Wildman–Crippen MR) is 141 cm³/mol.